The lowest BCUT2D eigenvalue weighted by molar-refractivity contribution is -0.119. The lowest BCUT2D eigenvalue weighted by Gasteiger charge is -2.37. The lowest BCUT2D eigenvalue weighted by Crippen LogP contribution is -2.47. The highest BCUT2D eigenvalue weighted by Crippen LogP contribution is 2.29. The van der Waals surface area contributed by atoms with Crippen LogP contribution in [0.5, 0.6) is 0 Å². The van der Waals surface area contributed by atoms with E-state index in [2.05, 4.69) is 16.0 Å². The summed E-state index contributed by atoms with van der Waals surface area (Å²) in [7, 11) is 1.71. The number of rotatable bonds is 9. The van der Waals surface area contributed by atoms with Gasteiger partial charge in [-0.15, -0.1) is 24.2 Å². The van der Waals surface area contributed by atoms with Crippen LogP contribution in [-0.4, -0.2) is 57.0 Å². The minimum atomic E-state index is -0.101. The Hall–Kier alpha value is -1.28. The van der Waals surface area contributed by atoms with Gasteiger partial charge in [-0.05, 0) is 51.9 Å². The largest absolute Gasteiger partial charge is 0.384 e. The van der Waals surface area contributed by atoms with Crippen LogP contribution in [0, 0.1) is 5.41 Å². The van der Waals surface area contributed by atoms with Crippen molar-refractivity contribution < 1.29 is 14.3 Å². The van der Waals surface area contributed by atoms with Gasteiger partial charge in [0.25, 0.3) is 5.91 Å². The molecule has 0 radical (unpaired) electrons. The summed E-state index contributed by atoms with van der Waals surface area (Å²) < 4.78 is 5.42. The number of nitrogens with one attached hydrogen (secondary N) is 3. The Labute approximate surface area is 178 Å². The van der Waals surface area contributed by atoms with Crippen molar-refractivity contribution in [3.63, 3.8) is 0 Å². The van der Waals surface area contributed by atoms with Crippen LogP contribution in [-0.2, 0) is 9.53 Å². The topological polar surface area (TPSA) is 79.5 Å². The van der Waals surface area contributed by atoms with E-state index in [9.17, 15) is 9.59 Å². The van der Waals surface area contributed by atoms with Crippen LogP contribution >= 0.6 is 24.2 Å². The molecule has 3 N–H and O–H groups in total. The van der Waals surface area contributed by atoms with Gasteiger partial charge in [0.1, 0.15) is 0 Å². The van der Waals surface area contributed by atoms with Crippen molar-refractivity contribution in [3.05, 3.63) is 29.8 Å². The second-order valence-corrected chi connectivity index (χ2v) is 8.39. The maximum absolute atomic E-state index is 12.8. The molecule has 0 aliphatic carbocycles. The maximum atomic E-state index is 12.8. The van der Waals surface area contributed by atoms with Crippen molar-refractivity contribution in [1.29, 1.82) is 0 Å². The molecule has 0 aromatic heterocycles. The molecule has 6 nitrogen and oxygen atoms in total. The number of benzene rings is 1. The van der Waals surface area contributed by atoms with Crippen LogP contribution in [0.2, 0.25) is 0 Å². The molecule has 1 aliphatic heterocycles. The van der Waals surface area contributed by atoms with Gasteiger partial charge in [0.2, 0.25) is 5.91 Å². The summed E-state index contributed by atoms with van der Waals surface area (Å²) in [5, 5.41) is 9.32. The molecule has 0 saturated carbocycles. The molecule has 28 heavy (non-hydrogen) atoms. The van der Waals surface area contributed by atoms with Gasteiger partial charge in [0.15, 0.2) is 0 Å². The van der Waals surface area contributed by atoms with Gasteiger partial charge >= 0.3 is 0 Å². The average Bonchev–Trinajstić information content (AvgIpc) is 2.65. The molecule has 1 fully saturated rings. The van der Waals surface area contributed by atoms with E-state index in [1.807, 2.05) is 38.1 Å². The second kappa shape index (κ2) is 12.3. The number of carbonyl (C=O) groups is 2. The Morgan fingerprint density at radius 3 is 2.57 bits per heavy atom. The number of hydrogen-bond acceptors (Lipinski definition) is 5. The Morgan fingerprint density at radius 1 is 1.25 bits per heavy atom. The highest BCUT2D eigenvalue weighted by molar-refractivity contribution is 8.00. The first-order valence-corrected chi connectivity index (χ1v) is 10.4. The number of hydrogen-bond donors (Lipinski definition) is 3. The molecule has 1 heterocycles. The zero-order chi connectivity index (χ0) is 19.7. The molecule has 158 valence electrons. The molecule has 0 atom stereocenters. The van der Waals surface area contributed by atoms with Crippen LogP contribution in [0.1, 0.15) is 37.0 Å². The quantitative estimate of drug-likeness (QED) is 0.525. The van der Waals surface area contributed by atoms with Crippen molar-refractivity contribution >= 4 is 36.0 Å². The number of amides is 2. The summed E-state index contributed by atoms with van der Waals surface area (Å²) in [5.41, 5.74) is 0.593. The van der Waals surface area contributed by atoms with Gasteiger partial charge in [-0.25, -0.2) is 0 Å². The van der Waals surface area contributed by atoms with E-state index in [0.717, 1.165) is 30.8 Å². The monoisotopic (exact) mass is 429 g/mol. The number of piperidine rings is 1. The van der Waals surface area contributed by atoms with Gasteiger partial charge in [-0.1, -0.05) is 12.1 Å². The third kappa shape index (κ3) is 7.62. The SMILES string of the molecule is COCC1(CNC(=O)c2ccccc2SCC(=O)NC(C)C)CCNCC1.Cl. The van der Waals surface area contributed by atoms with Crippen LogP contribution < -0.4 is 16.0 Å². The zero-order valence-electron chi connectivity index (χ0n) is 16.9. The lowest BCUT2D eigenvalue weighted by atomic mass is 9.79. The standard InChI is InChI=1S/C20H31N3O3S.ClH/c1-15(2)23-18(24)12-27-17-7-5-4-6-16(17)19(25)22-13-20(14-26-3)8-10-21-11-9-20;/h4-7,15,21H,8-14H2,1-3H3,(H,22,25)(H,23,24);1H. The van der Waals surface area contributed by atoms with Gasteiger partial charge in [-0.2, -0.15) is 0 Å². The first kappa shape index (κ1) is 24.8. The predicted molar refractivity (Wildman–Crippen MR) is 116 cm³/mol. The Kier molecular flexibility index (Phi) is 10.9. The normalized spacial score (nSPS) is 15.6. The third-order valence-corrected chi connectivity index (χ3v) is 5.75. The summed E-state index contributed by atoms with van der Waals surface area (Å²) in [4.78, 5) is 25.5. The minimum Gasteiger partial charge on any atom is -0.384 e. The summed E-state index contributed by atoms with van der Waals surface area (Å²) in [6, 6.07) is 7.54. The fraction of sp³-hybridized carbons (Fsp3) is 0.600. The van der Waals surface area contributed by atoms with Crippen molar-refractivity contribution in [2.75, 3.05) is 39.1 Å². The molecule has 1 saturated heterocycles. The average molecular weight is 430 g/mol. The van der Waals surface area contributed by atoms with E-state index in [1.54, 1.807) is 7.11 Å². The fourth-order valence-electron chi connectivity index (χ4n) is 3.29. The third-order valence-electron chi connectivity index (χ3n) is 4.68. The van der Waals surface area contributed by atoms with Crippen LogP contribution in [0.15, 0.2) is 29.2 Å². The summed E-state index contributed by atoms with van der Waals surface area (Å²) >= 11 is 1.39. The van der Waals surface area contributed by atoms with Gasteiger partial charge in [0.05, 0.1) is 17.9 Å². The van der Waals surface area contributed by atoms with E-state index in [-0.39, 0.29) is 35.7 Å². The number of ether oxygens (including phenoxy) is 1. The molecule has 1 aliphatic rings. The summed E-state index contributed by atoms with van der Waals surface area (Å²) in [5.74, 6) is 0.164. The summed E-state index contributed by atoms with van der Waals surface area (Å²) in [6.45, 7) is 6.98. The van der Waals surface area contributed by atoms with E-state index >= 15 is 0 Å². The molecule has 8 heteroatoms. The molecule has 0 spiro atoms. The highest BCUT2D eigenvalue weighted by atomic mass is 35.5. The first-order valence-electron chi connectivity index (χ1n) is 9.45. The van der Waals surface area contributed by atoms with Crippen LogP contribution in [0.25, 0.3) is 0 Å². The van der Waals surface area contributed by atoms with Crippen molar-refractivity contribution in [2.45, 2.75) is 37.6 Å². The first-order chi connectivity index (χ1) is 13.0. The van der Waals surface area contributed by atoms with Gasteiger partial charge in [-0.3, -0.25) is 9.59 Å². The molecule has 1 aromatic rings. The van der Waals surface area contributed by atoms with E-state index < -0.39 is 0 Å². The van der Waals surface area contributed by atoms with E-state index in [4.69, 9.17) is 4.74 Å². The zero-order valence-corrected chi connectivity index (χ0v) is 18.5. The van der Waals surface area contributed by atoms with Gasteiger partial charge in [0, 0.05) is 30.0 Å². The maximum Gasteiger partial charge on any atom is 0.252 e. The van der Waals surface area contributed by atoms with Crippen molar-refractivity contribution in [1.82, 2.24) is 16.0 Å². The predicted octanol–water partition coefficient (Wildman–Crippen LogP) is 2.47. The molecule has 0 unspecified atom stereocenters. The number of halogens is 1. The Morgan fingerprint density at radius 2 is 1.93 bits per heavy atom. The van der Waals surface area contributed by atoms with Crippen molar-refractivity contribution in [3.8, 4) is 0 Å². The number of carbonyl (C=O) groups excluding carboxylic acids is 2. The van der Waals surface area contributed by atoms with Gasteiger partial charge < -0.3 is 20.7 Å². The molecule has 2 amide bonds. The molecular formula is C20H32ClN3O3S. The smallest absolute Gasteiger partial charge is 0.252 e. The van der Waals surface area contributed by atoms with Crippen LogP contribution in [0.4, 0.5) is 0 Å². The van der Waals surface area contributed by atoms with E-state index in [1.165, 1.54) is 11.8 Å². The van der Waals surface area contributed by atoms with Crippen LogP contribution in [0.3, 0.4) is 0 Å². The fourth-order valence-corrected chi connectivity index (χ4v) is 4.15. The summed E-state index contributed by atoms with van der Waals surface area (Å²) in [6.07, 6.45) is 1.96. The number of thioether (sulfide) groups is 1. The number of methoxy groups -OCH3 is 1. The molecular weight excluding hydrogens is 398 g/mol. The second-order valence-electron chi connectivity index (χ2n) is 7.37. The molecule has 2 rings (SSSR count). The Bertz CT molecular complexity index is 631. The van der Waals surface area contributed by atoms with Crippen molar-refractivity contribution in [2.24, 2.45) is 5.41 Å². The molecule has 0 bridgehead atoms. The Balaban J connectivity index is 0.00000392. The minimum absolute atomic E-state index is 0. The molecule has 1 aromatic carbocycles. The van der Waals surface area contributed by atoms with E-state index in [0.29, 0.717) is 24.5 Å². The highest BCUT2D eigenvalue weighted by Gasteiger charge is 2.32.